The van der Waals surface area contributed by atoms with E-state index in [1.54, 1.807) is 23.4 Å². The second-order valence-electron chi connectivity index (χ2n) is 7.31. The van der Waals surface area contributed by atoms with Crippen molar-refractivity contribution in [3.63, 3.8) is 0 Å². The van der Waals surface area contributed by atoms with Gasteiger partial charge in [-0.1, -0.05) is 11.6 Å². The quantitative estimate of drug-likeness (QED) is 0.630. The summed E-state index contributed by atoms with van der Waals surface area (Å²) in [4.78, 5) is 25.6. The van der Waals surface area contributed by atoms with Crippen LogP contribution >= 0.6 is 23.4 Å². The van der Waals surface area contributed by atoms with Gasteiger partial charge in [-0.15, -0.1) is 11.8 Å². The number of fused-ring (bicyclic) bond motifs is 3. The molecular formula is C21H22ClNO5S. The second kappa shape index (κ2) is 8.05. The fraction of sp³-hybridized carbons (Fsp3) is 0.429. The SMILES string of the molecule is COCCCOc1cc2c(cc1Cl)-c1c(cc(C(=O)O)c(=O)n1C1CC1)[C@H](C)S2. The number of aromatic nitrogens is 1. The molecule has 8 heteroatoms. The van der Waals surface area contributed by atoms with Gasteiger partial charge in [-0.25, -0.2) is 4.79 Å². The van der Waals surface area contributed by atoms with Crippen molar-refractivity contribution in [3.8, 4) is 17.0 Å². The van der Waals surface area contributed by atoms with E-state index in [4.69, 9.17) is 21.1 Å². The fourth-order valence-corrected chi connectivity index (χ4v) is 5.02. The molecule has 1 aromatic carbocycles. The van der Waals surface area contributed by atoms with Crippen LogP contribution in [0.25, 0.3) is 11.3 Å². The molecule has 2 aliphatic rings. The summed E-state index contributed by atoms with van der Waals surface area (Å²) in [7, 11) is 1.65. The number of rotatable bonds is 7. The maximum absolute atomic E-state index is 12.9. The zero-order chi connectivity index (χ0) is 20.7. The van der Waals surface area contributed by atoms with Crippen molar-refractivity contribution in [2.45, 2.75) is 42.4 Å². The third-order valence-corrected chi connectivity index (χ3v) is 6.68. The molecule has 1 atom stereocenters. The minimum absolute atomic E-state index is 0.00344. The van der Waals surface area contributed by atoms with Gasteiger partial charge in [-0.3, -0.25) is 4.79 Å². The van der Waals surface area contributed by atoms with Gasteiger partial charge >= 0.3 is 5.97 Å². The van der Waals surface area contributed by atoms with Crippen LogP contribution in [-0.4, -0.2) is 36.0 Å². The monoisotopic (exact) mass is 435 g/mol. The molecule has 2 heterocycles. The lowest BCUT2D eigenvalue weighted by Crippen LogP contribution is -2.29. The Labute approximate surface area is 177 Å². The number of pyridine rings is 1. The minimum Gasteiger partial charge on any atom is -0.492 e. The molecule has 0 spiro atoms. The minimum atomic E-state index is -1.19. The summed E-state index contributed by atoms with van der Waals surface area (Å²) in [5.41, 5.74) is 1.89. The predicted octanol–water partition coefficient (Wildman–Crippen LogP) is 4.78. The average Bonchev–Trinajstić information content (AvgIpc) is 3.50. The Morgan fingerprint density at radius 3 is 2.72 bits per heavy atom. The van der Waals surface area contributed by atoms with Crippen molar-refractivity contribution in [3.05, 3.63) is 44.7 Å². The highest BCUT2D eigenvalue weighted by molar-refractivity contribution is 7.99. The van der Waals surface area contributed by atoms with Crippen molar-refractivity contribution < 1.29 is 19.4 Å². The van der Waals surface area contributed by atoms with E-state index < -0.39 is 11.5 Å². The van der Waals surface area contributed by atoms with Crippen LogP contribution < -0.4 is 10.3 Å². The molecule has 1 aliphatic carbocycles. The predicted molar refractivity (Wildman–Crippen MR) is 113 cm³/mol. The second-order valence-corrected chi connectivity index (χ2v) is 9.10. The van der Waals surface area contributed by atoms with Crippen LogP contribution in [0.3, 0.4) is 0 Å². The number of aromatic carboxylic acids is 1. The van der Waals surface area contributed by atoms with Crippen LogP contribution in [0.1, 0.15) is 53.4 Å². The van der Waals surface area contributed by atoms with E-state index in [0.717, 1.165) is 41.0 Å². The highest BCUT2D eigenvalue weighted by Crippen LogP contribution is 2.52. The number of ether oxygens (including phenoxy) is 2. The Bertz CT molecular complexity index is 1030. The summed E-state index contributed by atoms with van der Waals surface area (Å²) in [6, 6.07) is 5.32. The molecule has 4 rings (SSSR count). The Morgan fingerprint density at radius 2 is 2.07 bits per heavy atom. The van der Waals surface area contributed by atoms with E-state index >= 15 is 0 Å². The molecular weight excluding hydrogens is 414 g/mol. The van der Waals surface area contributed by atoms with Gasteiger partial charge in [0.1, 0.15) is 11.3 Å². The molecule has 1 saturated carbocycles. The molecule has 0 bridgehead atoms. The number of carboxylic acid groups (broad SMARTS) is 1. The molecule has 0 radical (unpaired) electrons. The first-order valence-corrected chi connectivity index (χ1v) is 10.8. The van der Waals surface area contributed by atoms with Gasteiger partial charge in [0.05, 0.1) is 17.3 Å². The number of methoxy groups -OCH3 is 1. The van der Waals surface area contributed by atoms with Crippen LogP contribution in [0.15, 0.2) is 27.9 Å². The first-order chi connectivity index (χ1) is 13.9. The van der Waals surface area contributed by atoms with Gasteiger partial charge < -0.3 is 19.1 Å². The van der Waals surface area contributed by atoms with E-state index in [1.165, 1.54) is 6.07 Å². The fourth-order valence-electron chi connectivity index (χ4n) is 3.65. The van der Waals surface area contributed by atoms with Crippen LogP contribution in [-0.2, 0) is 4.74 Å². The summed E-state index contributed by atoms with van der Waals surface area (Å²) in [6.45, 7) is 3.13. The number of benzene rings is 1. The van der Waals surface area contributed by atoms with E-state index in [1.807, 2.05) is 19.1 Å². The van der Waals surface area contributed by atoms with E-state index in [2.05, 4.69) is 0 Å². The number of hydrogen-bond acceptors (Lipinski definition) is 5. The standard InChI is InChI=1S/C21H22ClNO5S/c1-11-13-8-15(21(25)26)20(24)23(12-4-5-12)19(13)14-9-16(22)17(10-18(14)29-11)28-7-3-6-27-2/h8-12H,3-7H2,1-2H3,(H,25,26)/t11-/m0/s1. The third kappa shape index (κ3) is 3.79. The lowest BCUT2D eigenvalue weighted by molar-refractivity contribution is 0.0694. The Balaban J connectivity index is 1.83. The van der Waals surface area contributed by atoms with Crippen LogP contribution in [0, 0.1) is 0 Å². The van der Waals surface area contributed by atoms with E-state index in [0.29, 0.717) is 24.0 Å². The summed E-state index contributed by atoms with van der Waals surface area (Å²) < 4.78 is 12.5. The Morgan fingerprint density at radius 1 is 1.31 bits per heavy atom. The molecule has 29 heavy (non-hydrogen) atoms. The Hall–Kier alpha value is -1.96. The number of nitrogens with zero attached hydrogens (tertiary/aromatic N) is 1. The average molecular weight is 436 g/mol. The molecule has 1 N–H and O–H groups in total. The van der Waals surface area contributed by atoms with Crippen LogP contribution in [0.5, 0.6) is 5.75 Å². The molecule has 154 valence electrons. The zero-order valence-electron chi connectivity index (χ0n) is 16.2. The van der Waals surface area contributed by atoms with Gasteiger partial charge in [0.15, 0.2) is 0 Å². The molecule has 0 unspecified atom stereocenters. The number of carbonyl (C=O) groups is 1. The first kappa shape index (κ1) is 20.3. The molecule has 1 fully saturated rings. The van der Waals surface area contributed by atoms with E-state index in [-0.39, 0.29) is 16.9 Å². The third-order valence-electron chi connectivity index (χ3n) is 5.19. The summed E-state index contributed by atoms with van der Waals surface area (Å²) in [6.07, 6.45) is 2.51. The van der Waals surface area contributed by atoms with Crippen molar-refractivity contribution in [2.75, 3.05) is 20.3 Å². The van der Waals surface area contributed by atoms with Crippen LogP contribution in [0.4, 0.5) is 0 Å². The normalized spacial score (nSPS) is 17.6. The lowest BCUT2D eigenvalue weighted by Gasteiger charge is -2.29. The summed E-state index contributed by atoms with van der Waals surface area (Å²) in [5.74, 6) is -0.583. The lowest BCUT2D eigenvalue weighted by atomic mass is 9.99. The van der Waals surface area contributed by atoms with Gasteiger partial charge in [-0.2, -0.15) is 0 Å². The molecule has 0 amide bonds. The van der Waals surface area contributed by atoms with Gasteiger partial charge in [0.2, 0.25) is 0 Å². The number of hydrogen-bond donors (Lipinski definition) is 1. The molecule has 1 aromatic heterocycles. The number of halogens is 1. The number of thioether (sulfide) groups is 1. The van der Waals surface area contributed by atoms with Crippen molar-refractivity contribution in [1.29, 1.82) is 0 Å². The van der Waals surface area contributed by atoms with Gasteiger partial charge in [0, 0.05) is 41.9 Å². The molecule has 0 saturated heterocycles. The zero-order valence-corrected chi connectivity index (χ0v) is 17.8. The maximum Gasteiger partial charge on any atom is 0.341 e. The van der Waals surface area contributed by atoms with Crippen molar-refractivity contribution in [2.24, 2.45) is 0 Å². The molecule has 1 aliphatic heterocycles. The van der Waals surface area contributed by atoms with Crippen molar-refractivity contribution in [1.82, 2.24) is 4.57 Å². The molecule has 2 aromatic rings. The van der Waals surface area contributed by atoms with Crippen LogP contribution in [0.2, 0.25) is 5.02 Å². The Kier molecular flexibility index (Phi) is 5.64. The van der Waals surface area contributed by atoms with E-state index in [9.17, 15) is 14.7 Å². The number of carboxylic acids is 1. The highest BCUT2D eigenvalue weighted by Gasteiger charge is 2.35. The summed E-state index contributed by atoms with van der Waals surface area (Å²) in [5, 5.41) is 9.98. The van der Waals surface area contributed by atoms with Gasteiger partial charge in [-0.05, 0) is 43.5 Å². The summed E-state index contributed by atoms with van der Waals surface area (Å²) >= 11 is 8.12. The highest BCUT2D eigenvalue weighted by atomic mass is 35.5. The topological polar surface area (TPSA) is 77.8 Å². The maximum atomic E-state index is 12.9. The molecule has 6 nitrogen and oxygen atoms in total. The largest absolute Gasteiger partial charge is 0.492 e. The van der Waals surface area contributed by atoms with Gasteiger partial charge in [0.25, 0.3) is 5.56 Å². The first-order valence-electron chi connectivity index (χ1n) is 9.57. The van der Waals surface area contributed by atoms with Crippen molar-refractivity contribution >= 4 is 29.3 Å². The smallest absolute Gasteiger partial charge is 0.341 e.